The molecule has 7 atom stereocenters. The van der Waals surface area contributed by atoms with E-state index in [1.165, 1.54) is 19.1 Å². The summed E-state index contributed by atoms with van der Waals surface area (Å²) in [5, 5.41) is 23.2. The molecule has 25 nitrogen and oxygen atoms in total. The van der Waals surface area contributed by atoms with Crippen LogP contribution in [0.1, 0.15) is 107 Å². The number of hydrogen-bond donors (Lipinski definition) is 12. The van der Waals surface area contributed by atoms with Gasteiger partial charge in [-0.2, -0.15) is 5.26 Å². The second-order valence-corrected chi connectivity index (χ2v) is 19.1. The number of carbonyl (C=O) groups excluding carboxylic acids is 10. The summed E-state index contributed by atoms with van der Waals surface area (Å²) >= 11 is 0. The number of carbonyl (C=O) groups is 10. The van der Waals surface area contributed by atoms with Crippen molar-refractivity contribution in [2.45, 2.75) is 133 Å². The molecule has 0 bridgehead atoms. The molecule has 0 unspecified atom stereocenters. The summed E-state index contributed by atoms with van der Waals surface area (Å²) < 4.78 is 0. The molecule has 0 spiro atoms. The van der Waals surface area contributed by atoms with Crippen LogP contribution in [-0.4, -0.2) is 119 Å². The number of rotatable bonds is 18. The van der Waals surface area contributed by atoms with Gasteiger partial charge < -0.3 is 66.0 Å². The van der Waals surface area contributed by atoms with Crippen molar-refractivity contribution in [2.75, 3.05) is 13.1 Å². The maximum atomic E-state index is 14.8. The average Bonchev–Trinajstić information content (AvgIpc) is 3.79. The lowest BCUT2D eigenvalue weighted by Crippen LogP contribution is -2.58. The van der Waals surface area contributed by atoms with Gasteiger partial charge in [0, 0.05) is 74.6 Å². The van der Waals surface area contributed by atoms with E-state index in [4.69, 9.17) is 34.4 Å². The highest BCUT2D eigenvalue weighted by Gasteiger charge is 2.35. The minimum absolute atomic E-state index is 0.000215. The van der Waals surface area contributed by atoms with Crippen LogP contribution in [0.25, 0.3) is 10.9 Å². The maximum absolute atomic E-state index is 14.8. The molecular weight excluding hydrogens is 995 g/mol. The quantitative estimate of drug-likeness (QED) is 0.0405. The smallest absolute Gasteiger partial charge is 0.243 e. The Balaban J connectivity index is 1.80. The van der Waals surface area contributed by atoms with Gasteiger partial charge in [0.2, 0.25) is 41.4 Å². The average molecular weight is 1070 g/mol. The number of para-hydroxylation sites is 1. The molecule has 1 fully saturated rings. The maximum Gasteiger partial charge on any atom is 0.243 e. The number of Topliss-reactive ketones (excluding diaryl/α,β-unsaturated/α-hetero) is 3. The molecule has 0 radical (unpaired) electrons. The molecule has 2 aromatic carbocycles. The normalized spacial score (nSPS) is 21.0. The Morgan fingerprint density at radius 3 is 2.05 bits per heavy atom. The van der Waals surface area contributed by atoms with Crippen LogP contribution in [0.5, 0.6) is 0 Å². The third-order valence-corrected chi connectivity index (χ3v) is 13.0. The summed E-state index contributed by atoms with van der Waals surface area (Å²) in [4.78, 5) is 148. The van der Waals surface area contributed by atoms with E-state index in [-0.39, 0.29) is 108 Å². The second kappa shape index (κ2) is 30.6. The van der Waals surface area contributed by atoms with Gasteiger partial charge in [0.05, 0.1) is 24.1 Å². The molecule has 77 heavy (non-hydrogen) atoms. The van der Waals surface area contributed by atoms with Crippen molar-refractivity contribution in [2.24, 2.45) is 56.2 Å². The van der Waals surface area contributed by atoms with Crippen LogP contribution in [0, 0.1) is 23.2 Å². The summed E-state index contributed by atoms with van der Waals surface area (Å²) in [6.07, 6.45) is -0.0241. The van der Waals surface area contributed by atoms with E-state index in [1.807, 2.05) is 30.3 Å². The van der Waals surface area contributed by atoms with Crippen molar-refractivity contribution >= 4 is 81.5 Å². The monoisotopic (exact) mass is 1070 g/mol. The molecular formula is C52H71N15O10. The van der Waals surface area contributed by atoms with Crippen molar-refractivity contribution in [3.63, 3.8) is 0 Å². The van der Waals surface area contributed by atoms with Gasteiger partial charge in [-0.1, -0.05) is 36.8 Å². The molecule has 4 rings (SSSR count). The molecule has 0 saturated carbocycles. The summed E-state index contributed by atoms with van der Waals surface area (Å²) in [6, 6.07) is 8.31. The van der Waals surface area contributed by atoms with Crippen LogP contribution in [0.15, 0.2) is 64.7 Å². The number of nitrogens with one attached hydrogen (secondary N) is 6. The molecule has 18 N–H and O–H groups in total. The third kappa shape index (κ3) is 20.9. The van der Waals surface area contributed by atoms with Gasteiger partial charge in [0.15, 0.2) is 17.7 Å². The van der Waals surface area contributed by atoms with Crippen LogP contribution in [-0.2, 0) is 60.8 Å². The summed E-state index contributed by atoms with van der Waals surface area (Å²) in [7, 11) is 0. The lowest BCUT2D eigenvalue weighted by molar-refractivity contribution is -0.136. The van der Waals surface area contributed by atoms with Gasteiger partial charge in [0.1, 0.15) is 35.7 Å². The predicted octanol–water partition coefficient (Wildman–Crippen LogP) is -1.19. The van der Waals surface area contributed by atoms with E-state index >= 15 is 0 Å². The molecule has 3 aromatic rings. The molecule has 1 aromatic heterocycles. The number of aromatic nitrogens is 1. The minimum atomic E-state index is -1.73. The van der Waals surface area contributed by atoms with Crippen molar-refractivity contribution in [1.29, 1.82) is 5.26 Å². The van der Waals surface area contributed by atoms with E-state index in [1.54, 1.807) is 18.3 Å². The number of primary amides is 2. The van der Waals surface area contributed by atoms with Crippen LogP contribution < -0.4 is 61.0 Å². The first-order valence-electron chi connectivity index (χ1n) is 25.4. The standard InChI is InChI=1S/C52H71N15O10/c1-29(68)63-39(13-7-21-61-52(58)59)48(75)65-40-12-4-2-9-35(69)18-19-38(46(55)73)64-47(74)33(23-34-28-62-37-11-5-3-10-36(34)37)25-43(70)32(8-6-20-60-51(56)57)24-44(71)41(22-30-14-16-31(27-53)17-15-30)66-50(77)42(26-45(54)72)67-49(40)76/h3,5,10-11,14-17,28,32-33,38-42,62H,2,4,6-9,12-13,18-26H2,1H3,(H2,54,72)(H2,55,73)(H,63,68)(H,64,74)(H,65,75)(H,66,77)(H,67,76)(H4,56,57,60)(H4,58,59,61)/t32-,33-,38+,39+,40+,41-,42+/m1/s1. The predicted molar refractivity (Wildman–Crippen MR) is 284 cm³/mol. The highest BCUT2D eigenvalue weighted by atomic mass is 16.2. The Morgan fingerprint density at radius 1 is 0.740 bits per heavy atom. The highest BCUT2D eigenvalue weighted by molar-refractivity contribution is 5.99. The summed E-state index contributed by atoms with van der Waals surface area (Å²) in [5.41, 5.74) is 35.6. The number of fused-ring (bicyclic) bond motifs is 1. The Hall–Kier alpha value is -8.69. The number of nitriles is 1. The van der Waals surface area contributed by atoms with Gasteiger partial charge in [-0.05, 0) is 87.1 Å². The molecule has 25 heteroatoms. The fourth-order valence-corrected chi connectivity index (χ4v) is 8.93. The highest BCUT2D eigenvalue weighted by Crippen LogP contribution is 2.26. The summed E-state index contributed by atoms with van der Waals surface area (Å²) in [5.74, 6) is -10.2. The van der Waals surface area contributed by atoms with Crippen molar-refractivity contribution in [1.82, 2.24) is 31.6 Å². The van der Waals surface area contributed by atoms with Crippen molar-refractivity contribution < 1.29 is 47.9 Å². The number of aliphatic imine (C=N–C) groups is 2. The Bertz CT molecular complexity index is 2710. The molecule has 7 amide bonds. The van der Waals surface area contributed by atoms with Crippen LogP contribution in [0.4, 0.5) is 0 Å². The third-order valence-electron chi connectivity index (χ3n) is 13.0. The van der Waals surface area contributed by atoms with Gasteiger partial charge in [-0.25, -0.2) is 0 Å². The minimum Gasteiger partial charge on any atom is -0.370 e. The van der Waals surface area contributed by atoms with Crippen LogP contribution in [0.3, 0.4) is 0 Å². The largest absolute Gasteiger partial charge is 0.370 e. The summed E-state index contributed by atoms with van der Waals surface area (Å²) in [6.45, 7) is 1.36. The van der Waals surface area contributed by atoms with E-state index in [0.717, 1.165) is 10.9 Å². The zero-order valence-corrected chi connectivity index (χ0v) is 43.1. The van der Waals surface area contributed by atoms with E-state index < -0.39 is 114 Å². The van der Waals surface area contributed by atoms with Gasteiger partial charge in [-0.3, -0.25) is 57.9 Å². The van der Waals surface area contributed by atoms with E-state index in [2.05, 4.69) is 41.6 Å². The number of nitrogens with zero attached hydrogens (tertiary/aromatic N) is 3. The van der Waals surface area contributed by atoms with Gasteiger partial charge in [-0.15, -0.1) is 0 Å². The first-order chi connectivity index (χ1) is 36.6. The van der Waals surface area contributed by atoms with Crippen LogP contribution in [0.2, 0.25) is 0 Å². The Labute approximate surface area is 445 Å². The number of ketones is 3. The van der Waals surface area contributed by atoms with Crippen LogP contribution >= 0.6 is 0 Å². The first kappa shape index (κ1) is 60.9. The number of hydrogen-bond acceptors (Lipinski definition) is 13. The lowest BCUT2D eigenvalue weighted by atomic mass is 9.83. The number of aromatic amines is 1. The second-order valence-electron chi connectivity index (χ2n) is 19.1. The molecule has 0 aliphatic carbocycles. The molecule has 1 aliphatic heterocycles. The van der Waals surface area contributed by atoms with Gasteiger partial charge >= 0.3 is 0 Å². The zero-order chi connectivity index (χ0) is 56.6. The topological polar surface area (TPSA) is 451 Å². The fraction of sp³-hybridized carbons (Fsp3) is 0.481. The molecule has 1 aliphatic rings. The number of amides is 7. The first-order valence-corrected chi connectivity index (χ1v) is 25.4. The van der Waals surface area contributed by atoms with Crippen molar-refractivity contribution in [3.8, 4) is 6.07 Å². The number of H-pyrrole nitrogens is 1. The lowest BCUT2D eigenvalue weighted by Gasteiger charge is -2.27. The number of benzene rings is 2. The van der Waals surface area contributed by atoms with Crippen molar-refractivity contribution in [3.05, 3.63) is 71.4 Å². The number of nitrogens with two attached hydrogens (primary N) is 6. The fourth-order valence-electron chi connectivity index (χ4n) is 8.93. The number of guanidine groups is 2. The van der Waals surface area contributed by atoms with E-state index in [9.17, 15) is 53.2 Å². The Morgan fingerprint density at radius 2 is 1.40 bits per heavy atom. The SMILES string of the molecule is CC(=O)N[C@@H](CCCN=C(N)N)C(=O)N[C@H]1CCCCC(=O)CC[C@@H](C(N)=O)NC(=O)[C@H](Cc2c[nH]c3ccccc23)CC(=O)[C@H](CCCN=C(N)N)CC(=O)[C@@H](Cc2ccc(C#N)cc2)NC(=O)[C@H](CC(N)=O)NC1=O. The molecule has 2 heterocycles. The zero-order valence-electron chi connectivity index (χ0n) is 43.1. The Kier molecular flexibility index (Phi) is 24.2. The van der Waals surface area contributed by atoms with E-state index in [0.29, 0.717) is 16.7 Å². The molecule has 1 saturated heterocycles. The molecule has 414 valence electrons. The van der Waals surface area contributed by atoms with Gasteiger partial charge in [0.25, 0.3) is 0 Å².